The highest BCUT2D eigenvalue weighted by Crippen LogP contribution is 2.38. The van der Waals surface area contributed by atoms with Crippen molar-refractivity contribution in [3.63, 3.8) is 0 Å². The number of methoxy groups -OCH3 is 1. The number of nitro groups is 1. The van der Waals surface area contributed by atoms with E-state index in [2.05, 4.69) is 4.98 Å². The van der Waals surface area contributed by atoms with E-state index in [0.29, 0.717) is 0 Å². The van der Waals surface area contributed by atoms with Crippen molar-refractivity contribution in [2.75, 3.05) is 7.11 Å². The Bertz CT molecular complexity index is 741. The Morgan fingerprint density at radius 1 is 1.36 bits per heavy atom. The highest BCUT2D eigenvalue weighted by Gasteiger charge is 2.22. The number of benzene rings is 1. The average Bonchev–Trinajstić information content (AvgIpc) is 2.53. The molecule has 0 bridgehead atoms. The van der Waals surface area contributed by atoms with Gasteiger partial charge in [0.05, 0.1) is 17.6 Å². The summed E-state index contributed by atoms with van der Waals surface area (Å²) in [5.74, 6) is -0.995. The van der Waals surface area contributed by atoms with E-state index in [1.165, 1.54) is 37.6 Å². The van der Waals surface area contributed by atoms with Crippen LogP contribution in [-0.4, -0.2) is 27.9 Å². The summed E-state index contributed by atoms with van der Waals surface area (Å²) in [5, 5.41) is 20.9. The van der Waals surface area contributed by atoms with E-state index in [0.717, 1.165) is 6.08 Å². The highest BCUT2D eigenvalue weighted by atomic mass is 16.6. The number of nitrogens with zero attached hydrogens (tertiary/aromatic N) is 2. The molecule has 0 atom stereocenters. The summed E-state index contributed by atoms with van der Waals surface area (Å²) in [6.07, 6.45) is 3.90. The molecule has 2 rings (SSSR count). The van der Waals surface area contributed by atoms with Gasteiger partial charge in [-0.1, -0.05) is 6.07 Å². The summed E-state index contributed by atoms with van der Waals surface area (Å²) in [6, 6.07) is 7.64. The molecule has 0 aliphatic rings. The molecule has 0 aliphatic carbocycles. The molecule has 112 valence electrons. The van der Waals surface area contributed by atoms with Crippen molar-refractivity contribution in [1.29, 1.82) is 0 Å². The molecule has 1 heterocycles. The largest absolute Gasteiger partial charge is 0.499 e. The smallest absolute Gasteiger partial charge is 0.321 e. The fourth-order valence-corrected chi connectivity index (χ4v) is 1.83. The van der Waals surface area contributed by atoms with Gasteiger partial charge in [-0.25, -0.2) is 0 Å². The number of ketones is 1. The van der Waals surface area contributed by atoms with Crippen molar-refractivity contribution < 1.29 is 19.6 Å². The van der Waals surface area contributed by atoms with Gasteiger partial charge >= 0.3 is 5.69 Å². The molecular formula is C15H12N2O5. The number of carbonyl (C=O) groups is 1. The molecule has 0 saturated carbocycles. The van der Waals surface area contributed by atoms with Crippen molar-refractivity contribution in [2.24, 2.45) is 0 Å². The second kappa shape index (κ2) is 6.49. The topological polar surface area (TPSA) is 103 Å². The van der Waals surface area contributed by atoms with Crippen LogP contribution in [0.5, 0.6) is 11.5 Å². The van der Waals surface area contributed by atoms with Crippen LogP contribution < -0.4 is 4.74 Å². The van der Waals surface area contributed by atoms with Gasteiger partial charge in [0.25, 0.3) is 0 Å². The molecule has 1 aromatic carbocycles. The summed E-state index contributed by atoms with van der Waals surface area (Å²) in [5.41, 5.74) is -0.212. The van der Waals surface area contributed by atoms with Gasteiger partial charge in [0.15, 0.2) is 5.75 Å². The summed E-state index contributed by atoms with van der Waals surface area (Å²) in [7, 11) is 1.29. The Balaban J connectivity index is 2.37. The van der Waals surface area contributed by atoms with Crippen LogP contribution in [0.15, 0.2) is 42.6 Å². The van der Waals surface area contributed by atoms with Crippen LogP contribution in [-0.2, 0) is 0 Å². The maximum atomic E-state index is 11.9. The fraction of sp³-hybridized carbons (Fsp3) is 0.0667. The van der Waals surface area contributed by atoms with Crippen LogP contribution in [0.25, 0.3) is 6.08 Å². The minimum atomic E-state index is -0.733. The number of phenols is 1. The van der Waals surface area contributed by atoms with Crippen molar-refractivity contribution in [3.8, 4) is 11.5 Å². The third-order valence-corrected chi connectivity index (χ3v) is 2.88. The Morgan fingerprint density at radius 2 is 2.14 bits per heavy atom. The predicted octanol–water partition coefficient (Wildman–Crippen LogP) is 2.60. The van der Waals surface area contributed by atoms with Gasteiger partial charge in [0, 0.05) is 6.20 Å². The first-order chi connectivity index (χ1) is 10.5. The Labute approximate surface area is 125 Å². The maximum absolute atomic E-state index is 11.9. The number of nitro benzene ring substituents is 1. The van der Waals surface area contributed by atoms with Crippen molar-refractivity contribution in [3.05, 3.63) is 64.0 Å². The second-order valence-electron chi connectivity index (χ2n) is 4.22. The molecule has 0 amide bonds. The standard InChI is InChI=1S/C15H12N2O5/c1-22-13-8-6-10(14(15(13)19)17(20)21)5-7-12(18)11-4-2-3-9-16-11/h2-9,19H,1H3/b7-5+. The Morgan fingerprint density at radius 3 is 2.73 bits per heavy atom. The quantitative estimate of drug-likeness (QED) is 0.394. The SMILES string of the molecule is COc1ccc(/C=C/C(=O)c2ccccn2)c([N+](=O)[O-])c1O. The molecule has 0 radical (unpaired) electrons. The van der Waals surface area contributed by atoms with Crippen LogP contribution >= 0.6 is 0 Å². The number of hydrogen-bond acceptors (Lipinski definition) is 6. The first kappa shape index (κ1) is 15.2. The lowest BCUT2D eigenvalue weighted by Crippen LogP contribution is -1.98. The summed E-state index contributed by atoms with van der Waals surface area (Å²) in [6.45, 7) is 0. The van der Waals surface area contributed by atoms with Crippen LogP contribution in [0.3, 0.4) is 0 Å². The third kappa shape index (κ3) is 3.09. The molecule has 22 heavy (non-hydrogen) atoms. The van der Waals surface area contributed by atoms with Crippen LogP contribution in [0.1, 0.15) is 16.1 Å². The fourth-order valence-electron chi connectivity index (χ4n) is 1.83. The van der Waals surface area contributed by atoms with Gasteiger partial charge in [-0.2, -0.15) is 0 Å². The molecule has 1 N–H and O–H groups in total. The third-order valence-electron chi connectivity index (χ3n) is 2.88. The highest BCUT2D eigenvalue weighted by molar-refractivity contribution is 6.05. The number of rotatable bonds is 5. The van der Waals surface area contributed by atoms with Gasteiger partial charge in [-0.3, -0.25) is 19.9 Å². The number of aromatic nitrogens is 1. The van der Waals surface area contributed by atoms with Crippen molar-refractivity contribution >= 4 is 17.5 Å². The molecule has 0 spiro atoms. The maximum Gasteiger partial charge on any atom is 0.321 e. The number of ether oxygens (including phenoxy) is 1. The molecule has 2 aromatic rings. The van der Waals surface area contributed by atoms with Crippen LogP contribution in [0.4, 0.5) is 5.69 Å². The van der Waals surface area contributed by atoms with Crippen molar-refractivity contribution in [2.45, 2.75) is 0 Å². The lowest BCUT2D eigenvalue weighted by Gasteiger charge is -2.05. The van der Waals surface area contributed by atoms with Gasteiger partial charge in [-0.15, -0.1) is 0 Å². The van der Waals surface area contributed by atoms with Crippen molar-refractivity contribution in [1.82, 2.24) is 4.98 Å². The first-order valence-corrected chi connectivity index (χ1v) is 6.22. The van der Waals surface area contributed by atoms with E-state index in [1.807, 2.05) is 0 Å². The molecule has 7 nitrogen and oxygen atoms in total. The van der Waals surface area contributed by atoms with E-state index < -0.39 is 22.1 Å². The van der Waals surface area contributed by atoms with E-state index in [9.17, 15) is 20.0 Å². The first-order valence-electron chi connectivity index (χ1n) is 6.22. The molecule has 0 fully saturated rings. The van der Waals surface area contributed by atoms with E-state index in [1.54, 1.807) is 12.1 Å². The zero-order valence-electron chi connectivity index (χ0n) is 11.6. The Kier molecular flexibility index (Phi) is 4.47. The van der Waals surface area contributed by atoms with Crippen LogP contribution in [0.2, 0.25) is 0 Å². The van der Waals surface area contributed by atoms with Gasteiger partial charge in [0.2, 0.25) is 11.5 Å². The average molecular weight is 300 g/mol. The second-order valence-corrected chi connectivity index (χ2v) is 4.22. The molecule has 0 unspecified atom stereocenters. The van der Waals surface area contributed by atoms with E-state index in [-0.39, 0.29) is 17.0 Å². The number of phenolic OH excluding ortho intramolecular Hbond substituents is 1. The van der Waals surface area contributed by atoms with E-state index >= 15 is 0 Å². The zero-order chi connectivity index (χ0) is 16.1. The lowest BCUT2D eigenvalue weighted by atomic mass is 10.1. The summed E-state index contributed by atoms with van der Waals surface area (Å²) >= 11 is 0. The molecular weight excluding hydrogens is 288 g/mol. The molecule has 0 saturated heterocycles. The molecule has 1 aromatic heterocycles. The van der Waals surface area contributed by atoms with Gasteiger partial charge < -0.3 is 9.84 Å². The number of aromatic hydroxyl groups is 1. The number of allylic oxidation sites excluding steroid dienone is 1. The number of pyridine rings is 1. The van der Waals surface area contributed by atoms with Crippen LogP contribution in [0, 0.1) is 10.1 Å². The van der Waals surface area contributed by atoms with E-state index in [4.69, 9.17) is 4.74 Å². The van der Waals surface area contributed by atoms with Gasteiger partial charge in [-0.05, 0) is 36.4 Å². The summed E-state index contributed by atoms with van der Waals surface area (Å²) in [4.78, 5) is 26.1. The number of carbonyl (C=O) groups excluding carboxylic acids is 1. The number of hydrogen-bond donors (Lipinski definition) is 1. The summed E-state index contributed by atoms with van der Waals surface area (Å²) < 4.78 is 4.83. The normalized spacial score (nSPS) is 10.6. The lowest BCUT2D eigenvalue weighted by molar-refractivity contribution is -0.386. The monoisotopic (exact) mass is 300 g/mol. The Hall–Kier alpha value is -3.22. The zero-order valence-corrected chi connectivity index (χ0v) is 11.6. The molecule has 7 heteroatoms. The minimum Gasteiger partial charge on any atom is -0.499 e. The van der Waals surface area contributed by atoms with Gasteiger partial charge in [0.1, 0.15) is 5.69 Å². The molecule has 0 aliphatic heterocycles. The predicted molar refractivity (Wildman–Crippen MR) is 78.9 cm³/mol. The minimum absolute atomic E-state index is 0.0140.